The summed E-state index contributed by atoms with van der Waals surface area (Å²) in [6, 6.07) is 14.8. The van der Waals surface area contributed by atoms with Crippen molar-refractivity contribution in [1.29, 1.82) is 0 Å². The van der Waals surface area contributed by atoms with E-state index in [1.807, 2.05) is 0 Å². The van der Waals surface area contributed by atoms with Crippen LogP contribution in [0, 0.1) is 0 Å². The van der Waals surface area contributed by atoms with Crippen molar-refractivity contribution >= 4 is 45.8 Å². The zero-order valence-corrected chi connectivity index (χ0v) is 30.1. The third-order valence-electron chi connectivity index (χ3n) is 6.19. The number of carbonyl (C=O) groups excluding carboxylic acids is 2. The number of aromatic nitrogens is 1. The molecule has 0 bridgehead atoms. The number of nitrogens with zero attached hydrogens (tertiary/aromatic N) is 1. The Kier molecular flexibility index (Phi) is 15.9. The van der Waals surface area contributed by atoms with Crippen molar-refractivity contribution in [2.24, 2.45) is 0 Å². The molecule has 3 aromatic carbocycles. The standard InChI is InChI=1S/C23H27N2O8PS2.C9H10O4.CH4/c1-5-31-34(27,32-6-2)14-17-15-35-23(24-17)25-22(26)16-11-19(30-3)13-20(12-16)33-18-7-9-21(10-8-18)36(4,28)29;1-12-8-4-6(9(11)13-2)3-7(10)5-8;/h7-13,15H,5-6,14H2,1-4H3,(H,24,25,26);3-5,10H,1-2H3;1H4. The second kappa shape index (κ2) is 19.1. The van der Waals surface area contributed by atoms with Gasteiger partial charge >= 0.3 is 13.6 Å². The molecule has 14 nitrogen and oxygen atoms in total. The third-order valence-corrected chi connectivity index (χ3v) is 10.1. The maximum Gasteiger partial charge on any atom is 0.338 e. The van der Waals surface area contributed by atoms with Crippen LogP contribution >= 0.6 is 18.9 Å². The van der Waals surface area contributed by atoms with E-state index in [1.165, 1.54) is 81.2 Å². The number of nitrogens with one attached hydrogen (secondary N) is 1. The molecule has 0 aliphatic carbocycles. The summed E-state index contributed by atoms with van der Waals surface area (Å²) < 4.78 is 67.1. The van der Waals surface area contributed by atoms with Gasteiger partial charge in [0, 0.05) is 29.3 Å². The molecule has 0 atom stereocenters. The molecule has 4 rings (SSSR count). The van der Waals surface area contributed by atoms with Gasteiger partial charge in [0.05, 0.1) is 56.9 Å². The van der Waals surface area contributed by atoms with Crippen LogP contribution in [0.4, 0.5) is 5.13 Å². The topological polar surface area (TPSA) is 186 Å². The fourth-order valence-corrected chi connectivity index (χ4v) is 7.10. The fourth-order valence-electron chi connectivity index (χ4n) is 4.03. The molecule has 0 unspecified atom stereocenters. The van der Waals surface area contributed by atoms with Gasteiger partial charge in [0.1, 0.15) is 28.7 Å². The van der Waals surface area contributed by atoms with Crippen molar-refractivity contribution in [2.45, 2.75) is 32.3 Å². The second-order valence-corrected chi connectivity index (χ2v) is 14.8. The molecule has 2 N–H and O–H groups in total. The molecule has 0 aliphatic heterocycles. The van der Waals surface area contributed by atoms with E-state index in [0.29, 0.717) is 33.8 Å². The molecule has 1 amide bonds. The van der Waals surface area contributed by atoms with E-state index in [-0.39, 0.29) is 48.6 Å². The van der Waals surface area contributed by atoms with Crippen LogP contribution in [0.1, 0.15) is 47.7 Å². The molecular weight excluding hydrogens is 711 g/mol. The number of ether oxygens (including phenoxy) is 4. The Morgan fingerprint density at radius 2 is 1.44 bits per heavy atom. The largest absolute Gasteiger partial charge is 0.508 e. The number of methoxy groups -OCH3 is 3. The average Bonchev–Trinajstić information content (AvgIpc) is 3.49. The van der Waals surface area contributed by atoms with Gasteiger partial charge in [-0.3, -0.25) is 14.7 Å². The highest BCUT2D eigenvalue weighted by atomic mass is 32.2. The van der Waals surface area contributed by atoms with Crippen molar-refractivity contribution in [2.75, 3.05) is 46.1 Å². The Morgan fingerprint density at radius 3 is 2.00 bits per heavy atom. The lowest BCUT2D eigenvalue weighted by Crippen LogP contribution is -2.12. The molecular formula is C33H41N2O12PS2. The van der Waals surface area contributed by atoms with Gasteiger partial charge in [-0.15, -0.1) is 11.3 Å². The summed E-state index contributed by atoms with van der Waals surface area (Å²) in [7, 11) is -2.45. The Labute approximate surface area is 295 Å². The highest BCUT2D eigenvalue weighted by Gasteiger charge is 2.26. The highest BCUT2D eigenvalue weighted by Crippen LogP contribution is 2.51. The lowest BCUT2D eigenvalue weighted by atomic mass is 10.2. The normalized spacial score (nSPS) is 10.9. The van der Waals surface area contributed by atoms with Crippen molar-refractivity contribution in [1.82, 2.24) is 4.98 Å². The van der Waals surface area contributed by atoms with Crippen molar-refractivity contribution in [3.8, 4) is 28.7 Å². The molecule has 17 heteroatoms. The lowest BCUT2D eigenvalue weighted by Gasteiger charge is -2.15. The number of hydrogen-bond donors (Lipinski definition) is 2. The molecule has 1 heterocycles. The van der Waals surface area contributed by atoms with Gasteiger partial charge in [-0.1, -0.05) is 7.43 Å². The summed E-state index contributed by atoms with van der Waals surface area (Å²) in [4.78, 5) is 28.5. The van der Waals surface area contributed by atoms with Crippen LogP contribution in [-0.4, -0.2) is 71.2 Å². The minimum atomic E-state index is -3.33. The van der Waals surface area contributed by atoms with Crippen molar-refractivity contribution < 1.29 is 55.7 Å². The van der Waals surface area contributed by atoms with E-state index < -0.39 is 29.3 Å². The minimum Gasteiger partial charge on any atom is -0.508 e. The number of rotatable bonds is 14. The summed E-state index contributed by atoms with van der Waals surface area (Å²) in [5.74, 6) is 0.527. The predicted molar refractivity (Wildman–Crippen MR) is 190 cm³/mol. The molecule has 50 heavy (non-hydrogen) atoms. The summed E-state index contributed by atoms with van der Waals surface area (Å²) >= 11 is 1.18. The maximum absolute atomic E-state index is 12.9. The smallest absolute Gasteiger partial charge is 0.338 e. The average molecular weight is 753 g/mol. The number of esters is 1. The van der Waals surface area contributed by atoms with Gasteiger partial charge in [-0.2, -0.15) is 0 Å². The Morgan fingerprint density at radius 1 is 0.860 bits per heavy atom. The molecule has 0 spiro atoms. The highest BCUT2D eigenvalue weighted by molar-refractivity contribution is 7.90. The fraction of sp³-hybridized carbons (Fsp3) is 0.303. The van der Waals surface area contributed by atoms with E-state index in [2.05, 4.69) is 15.0 Å². The van der Waals surface area contributed by atoms with Gasteiger partial charge in [-0.25, -0.2) is 18.2 Å². The third kappa shape index (κ3) is 12.4. The number of carbonyl (C=O) groups is 2. The number of amides is 1. The maximum atomic E-state index is 12.9. The molecule has 0 saturated heterocycles. The van der Waals surface area contributed by atoms with Gasteiger partial charge < -0.3 is 33.1 Å². The Bertz CT molecular complexity index is 1890. The Balaban J connectivity index is 0.000000521. The van der Waals surface area contributed by atoms with Crippen LogP contribution < -0.4 is 19.5 Å². The molecule has 0 aliphatic rings. The molecule has 4 aromatic rings. The van der Waals surface area contributed by atoms with Crippen LogP contribution in [0.2, 0.25) is 0 Å². The second-order valence-electron chi connectivity index (χ2n) is 9.86. The number of sulfone groups is 1. The first-order valence-electron chi connectivity index (χ1n) is 14.5. The molecule has 272 valence electrons. The van der Waals surface area contributed by atoms with Gasteiger partial charge in [0.15, 0.2) is 15.0 Å². The van der Waals surface area contributed by atoms with E-state index >= 15 is 0 Å². The van der Waals surface area contributed by atoms with E-state index in [4.69, 9.17) is 23.3 Å². The van der Waals surface area contributed by atoms with Crippen molar-refractivity contribution in [3.63, 3.8) is 0 Å². The Hall–Kier alpha value is -4.47. The summed E-state index contributed by atoms with van der Waals surface area (Å²) in [5.41, 5.74) is 0.996. The monoisotopic (exact) mass is 752 g/mol. The summed E-state index contributed by atoms with van der Waals surface area (Å²) in [5, 5.41) is 13.9. The van der Waals surface area contributed by atoms with Crippen molar-refractivity contribution in [3.05, 3.63) is 82.9 Å². The van der Waals surface area contributed by atoms with Crippen LogP contribution in [-0.2, 0) is 34.3 Å². The number of aromatic hydroxyl groups is 1. The zero-order valence-electron chi connectivity index (χ0n) is 27.6. The zero-order chi connectivity index (χ0) is 36.2. The van der Waals surface area contributed by atoms with Gasteiger partial charge in [0.2, 0.25) is 0 Å². The van der Waals surface area contributed by atoms with Crippen LogP contribution in [0.15, 0.2) is 70.9 Å². The first-order chi connectivity index (χ1) is 23.2. The number of hydrogen-bond acceptors (Lipinski definition) is 14. The first-order valence-corrected chi connectivity index (χ1v) is 19.0. The first kappa shape index (κ1) is 41.7. The lowest BCUT2D eigenvalue weighted by molar-refractivity contribution is 0.0599. The summed E-state index contributed by atoms with van der Waals surface area (Å²) in [6.45, 7) is 3.95. The number of benzene rings is 3. The predicted octanol–water partition coefficient (Wildman–Crippen LogP) is 7.19. The van der Waals surface area contributed by atoms with E-state index in [0.717, 1.165) is 6.26 Å². The molecule has 0 saturated carbocycles. The van der Waals surface area contributed by atoms with E-state index in [1.54, 1.807) is 31.4 Å². The van der Waals surface area contributed by atoms with Gasteiger partial charge in [0.25, 0.3) is 5.91 Å². The van der Waals surface area contributed by atoms with E-state index in [9.17, 15) is 27.7 Å². The molecule has 0 radical (unpaired) electrons. The number of phenols is 1. The quantitative estimate of drug-likeness (QED) is 0.0975. The van der Waals surface area contributed by atoms with Crippen LogP contribution in [0.5, 0.6) is 28.7 Å². The SMILES string of the molecule is C.CCOP(=O)(Cc1csc(NC(=O)c2cc(OC)cc(Oc3ccc(S(C)(=O)=O)cc3)c2)n1)OCC.COC(=O)c1cc(O)cc(OC)c1. The van der Waals surface area contributed by atoms with Gasteiger partial charge in [-0.05, 0) is 62.4 Å². The number of thiazole rings is 1. The number of phenolic OH excluding ortho intramolecular Hbond substituents is 1. The molecule has 1 aromatic heterocycles. The van der Waals surface area contributed by atoms with Crippen LogP contribution in [0.3, 0.4) is 0 Å². The van der Waals surface area contributed by atoms with Crippen LogP contribution in [0.25, 0.3) is 0 Å². The molecule has 0 fully saturated rings. The number of anilines is 1. The summed E-state index contributed by atoms with van der Waals surface area (Å²) in [6.07, 6.45) is 1.12. The minimum absolute atomic E-state index is 0.